The van der Waals surface area contributed by atoms with Crippen molar-refractivity contribution >= 4 is 11.8 Å². The third-order valence-electron chi connectivity index (χ3n) is 10.2. The van der Waals surface area contributed by atoms with Crippen molar-refractivity contribution in [1.82, 2.24) is 0 Å². The third kappa shape index (κ3) is 3.08. The smallest absolute Gasteiger partial charge is 0.303 e. The van der Waals surface area contributed by atoms with Crippen molar-refractivity contribution in [2.75, 3.05) is 0 Å². The molecule has 6 nitrogen and oxygen atoms in total. The van der Waals surface area contributed by atoms with E-state index in [2.05, 4.69) is 13.8 Å². The number of aliphatic hydroxyl groups is 3. The van der Waals surface area contributed by atoms with Crippen LogP contribution in [0.4, 0.5) is 0 Å². The van der Waals surface area contributed by atoms with Gasteiger partial charge in [-0.2, -0.15) is 0 Å². The van der Waals surface area contributed by atoms with Gasteiger partial charge in [-0.05, 0) is 79.4 Å². The molecule has 4 fully saturated rings. The van der Waals surface area contributed by atoms with Gasteiger partial charge in [0, 0.05) is 18.3 Å². The molecule has 0 aromatic heterocycles. The van der Waals surface area contributed by atoms with E-state index in [9.17, 15) is 24.9 Å². The minimum absolute atomic E-state index is 0.0180. The Labute approximate surface area is 179 Å². The highest BCUT2D eigenvalue weighted by atomic mass is 16.4. The summed E-state index contributed by atoms with van der Waals surface area (Å²) >= 11 is 0. The summed E-state index contributed by atoms with van der Waals surface area (Å²) < 4.78 is 0. The second kappa shape index (κ2) is 7.56. The van der Waals surface area contributed by atoms with E-state index in [4.69, 9.17) is 5.11 Å². The minimum atomic E-state index is -0.787. The Morgan fingerprint density at radius 2 is 1.80 bits per heavy atom. The van der Waals surface area contributed by atoms with Crippen LogP contribution in [-0.2, 0) is 9.59 Å². The highest BCUT2D eigenvalue weighted by Crippen LogP contribution is 2.67. The van der Waals surface area contributed by atoms with Gasteiger partial charge in [0.25, 0.3) is 0 Å². The van der Waals surface area contributed by atoms with Crippen LogP contribution in [0.3, 0.4) is 0 Å². The zero-order valence-electron chi connectivity index (χ0n) is 18.5. The molecule has 4 aliphatic rings. The fraction of sp³-hybridized carbons (Fsp3) is 0.917. The fourth-order valence-electron chi connectivity index (χ4n) is 8.54. The molecule has 0 saturated heterocycles. The predicted molar refractivity (Wildman–Crippen MR) is 110 cm³/mol. The van der Waals surface area contributed by atoms with Crippen LogP contribution in [0, 0.1) is 46.3 Å². The second-order valence-electron chi connectivity index (χ2n) is 11.3. The van der Waals surface area contributed by atoms with Gasteiger partial charge >= 0.3 is 5.97 Å². The Balaban J connectivity index is 1.64. The van der Waals surface area contributed by atoms with Crippen LogP contribution >= 0.6 is 0 Å². The molecule has 0 bridgehead atoms. The molecule has 30 heavy (non-hydrogen) atoms. The zero-order valence-corrected chi connectivity index (χ0v) is 18.5. The molecule has 0 radical (unpaired) electrons. The average molecular weight is 423 g/mol. The minimum Gasteiger partial charge on any atom is -0.481 e. The quantitative estimate of drug-likeness (QED) is 0.554. The highest BCUT2D eigenvalue weighted by molar-refractivity contribution is 5.86. The number of fused-ring (bicyclic) bond motifs is 5. The number of carbonyl (C=O) groups excluding carboxylic acids is 1. The molecule has 0 spiro atoms. The standard InChI is InChI=1S/C24H38O6/c1-12(4-7-21(29)30)15-5-6-16-22-17(11-20(28)24(15,16)3)23(2)13(9-18(22)26)8-14(25)10-19(23)27/h12-18,20,22,25-26,28H,4-11H2,1-3H3,(H,29,30). The topological polar surface area (TPSA) is 115 Å². The van der Waals surface area contributed by atoms with Gasteiger partial charge in [0.1, 0.15) is 5.78 Å². The molecule has 11 unspecified atom stereocenters. The maximum atomic E-state index is 13.1. The average Bonchev–Trinajstić information content (AvgIpc) is 3.01. The lowest BCUT2D eigenvalue weighted by atomic mass is 9.42. The van der Waals surface area contributed by atoms with E-state index in [0.717, 1.165) is 12.8 Å². The lowest BCUT2D eigenvalue weighted by Gasteiger charge is -2.62. The van der Waals surface area contributed by atoms with Crippen LogP contribution in [0.1, 0.15) is 72.1 Å². The van der Waals surface area contributed by atoms with Crippen LogP contribution in [0.15, 0.2) is 0 Å². The van der Waals surface area contributed by atoms with E-state index in [-0.39, 0.29) is 59.5 Å². The van der Waals surface area contributed by atoms with E-state index >= 15 is 0 Å². The van der Waals surface area contributed by atoms with E-state index in [0.29, 0.717) is 25.7 Å². The van der Waals surface area contributed by atoms with Gasteiger partial charge in [0.2, 0.25) is 0 Å². The molecule has 0 aliphatic heterocycles. The SMILES string of the molecule is CC(CCC(=O)O)C1CCC2C3C(O)CC4CC(O)CC(=O)C4(C)C3CC(O)C12C. The maximum Gasteiger partial charge on any atom is 0.303 e. The molecule has 11 atom stereocenters. The first kappa shape index (κ1) is 22.2. The van der Waals surface area contributed by atoms with E-state index in [1.807, 2.05) is 6.92 Å². The molecule has 4 rings (SSSR count). The molecule has 4 aliphatic carbocycles. The number of hydrogen-bond acceptors (Lipinski definition) is 5. The van der Waals surface area contributed by atoms with Crippen LogP contribution < -0.4 is 0 Å². The van der Waals surface area contributed by atoms with Crippen molar-refractivity contribution in [1.29, 1.82) is 0 Å². The maximum absolute atomic E-state index is 13.1. The largest absolute Gasteiger partial charge is 0.481 e. The Morgan fingerprint density at radius 3 is 2.47 bits per heavy atom. The van der Waals surface area contributed by atoms with Gasteiger partial charge in [-0.1, -0.05) is 20.8 Å². The number of Topliss-reactive ketones (excluding diaryl/α,β-unsaturated/α-hetero) is 1. The van der Waals surface area contributed by atoms with Crippen molar-refractivity contribution in [3.63, 3.8) is 0 Å². The molecule has 6 heteroatoms. The van der Waals surface area contributed by atoms with Crippen LogP contribution in [0.2, 0.25) is 0 Å². The number of carboxylic acids is 1. The number of hydrogen-bond donors (Lipinski definition) is 4. The molecule has 0 aromatic carbocycles. The Bertz CT molecular complexity index is 708. The third-order valence-corrected chi connectivity index (χ3v) is 10.2. The zero-order chi connectivity index (χ0) is 22.0. The van der Waals surface area contributed by atoms with Crippen molar-refractivity contribution in [3.8, 4) is 0 Å². The highest BCUT2D eigenvalue weighted by Gasteiger charge is 2.67. The van der Waals surface area contributed by atoms with Crippen LogP contribution in [0.25, 0.3) is 0 Å². The summed E-state index contributed by atoms with van der Waals surface area (Å²) in [7, 11) is 0. The van der Waals surface area contributed by atoms with E-state index in [1.54, 1.807) is 0 Å². The molecule has 0 heterocycles. The van der Waals surface area contributed by atoms with Gasteiger partial charge < -0.3 is 20.4 Å². The molecule has 4 saturated carbocycles. The first-order valence-corrected chi connectivity index (χ1v) is 11.8. The summed E-state index contributed by atoms with van der Waals surface area (Å²) in [5.74, 6) is -0.261. The Kier molecular flexibility index (Phi) is 5.60. The van der Waals surface area contributed by atoms with Crippen LogP contribution in [0.5, 0.6) is 0 Å². The lowest BCUT2D eigenvalue weighted by Crippen LogP contribution is -2.64. The van der Waals surface area contributed by atoms with Crippen molar-refractivity contribution in [2.45, 2.75) is 90.4 Å². The van der Waals surface area contributed by atoms with E-state index < -0.39 is 29.7 Å². The first-order chi connectivity index (χ1) is 14.0. The molecule has 0 amide bonds. The number of ketones is 1. The number of rotatable bonds is 4. The van der Waals surface area contributed by atoms with Crippen molar-refractivity contribution < 1.29 is 30.0 Å². The molecule has 4 N–H and O–H groups in total. The van der Waals surface area contributed by atoms with E-state index in [1.165, 1.54) is 0 Å². The molecule has 170 valence electrons. The second-order valence-corrected chi connectivity index (χ2v) is 11.3. The Morgan fingerprint density at radius 1 is 1.10 bits per heavy atom. The van der Waals surface area contributed by atoms with Gasteiger partial charge in [0.05, 0.1) is 18.3 Å². The fourth-order valence-corrected chi connectivity index (χ4v) is 8.54. The number of aliphatic hydroxyl groups excluding tert-OH is 3. The van der Waals surface area contributed by atoms with Crippen LogP contribution in [-0.4, -0.2) is 50.5 Å². The molecule has 0 aromatic rings. The van der Waals surface area contributed by atoms with Gasteiger partial charge in [0.15, 0.2) is 0 Å². The normalized spacial score (nSPS) is 51.6. The number of carboxylic acid groups (broad SMARTS) is 1. The summed E-state index contributed by atoms with van der Waals surface area (Å²) in [5.41, 5.74) is -0.945. The lowest BCUT2D eigenvalue weighted by molar-refractivity contribution is -0.205. The number of aliphatic carboxylic acids is 1. The van der Waals surface area contributed by atoms with Gasteiger partial charge in [-0.15, -0.1) is 0 Å². The summed E-state index contributed by atoms with van der Waals surface area (Å²) in [4.78, 5) is 24.2. The summed E-state index contributed by atoms with van der Waals surface area (Å²) in [6.07, 6.45) is 2.66. The summed E-state index contributed by atoms with van der Waals surface area (Å²) in [6, 6.07) is 0. The van der Waals surface area contributed by atoms with Crippen molar-refractivity contribution in [2.24, 2.45) is 46.3 Å². The molecular weight excluding hydrogens is 384 g/mol. The summed E-state index contributed by atoms with van der Waals surface area (Å²) in [5, 5.41) is 41.9. The summed E-state index contributed by atoms with van der Waals surface area (Å²) in [6.45, 7) is 6.26. The monoisotopic (exact) mass is 422 g/mol. The molecular formula is C24H38O6. The Hall–Kier alpha value is -0.980. The van der Waals surface area contributed by atoms with Gasteiger partial charge in [-0.3, -0.25) is 9.59 Å². The van der Waals surface area contributed by atoms with Crippen molar-refractivity contribution in [3.05, 3.63) is 0 Å². The predicted octanol–water partition coefficient (Wildman–Crippen LogP) is 2.63. The number of carbonyl (C=O) groups is 2. The first-order valence-electron chi connectivity index (χ1n) is 11.8. The van der Waals surface area contributed by atoms with Gasteiger partial charge in [-0.25, -0.2) is 0 Å².